The second-order valence-electron chi connectivity index (χ2n) is 4.29. The van der Waals surface area contributed by atoms with Crippen molar-refractivity contribution in [2.75, 3.05) is 16.8 Å². The number of rotatable bonds is 6. The first-order valence-electron chi connectivity index (χ1n) is 5.81. The zero-order chi connectivity index (χ0) is 12.9. The Morgan fingerprint density at radius 2 is 1.82 bits per heavy atom. The molecule has 0 aliphatic heterocycles. The third-order valence-corrected chi connectivity index (χ3v) is 5.47. The van der Waals surface area contributed by atoms with Crippen LogP contribution in [0.25, 0.3) is 0 Å². The Morgan fingerprint density at radius 3 is 2.29 bits per heavy atom. The van der Waals surface area contributed by atoms with E-state index in [1.807, 2.05) is 0 Å². The minimum Gasteiger partial charge on any atom is -0.229 e. The van der Waals surface area contributed by atoms with E-state index >= 15 is 0 Å². The highest BCUT2D eigenvalue weighted by Crippen LogP contribution is 2.23. The molecule has 0 aliphatic carbocycles. The zero-order valence-electron chi connectivity index (χ0n) is 10.3. The van der Waals surface area contributed by atoms with Gasteiger partial charge in [-0.05, 0) is 24.8 Å². The first-order chi connectivity index (χ1) is 7.98. The zero-order valence-corrected chi connectivity index (χ0v) is 12.7. The van der Waals surface area contributed by atoms with Crippen LogP contribution < -0.4 is 0 Å². The summed E-state index contributed by atoms with van der Waals surface area (Å²) in [4.78, 5) is 0. The molecule has 0 bridgehead atoms. The summed E-state index contributed by atoms with van der Waals surface area (Å²) in [6, 6.07) is 8.30. The lowest BCUT2D eigenvalue weighted by atomic mass is 9.98. The van der Waals surface area contributed by atoms with E-state index in [-0.39, 0.29) is 17.4 Å². The molecular weight excluding hydrogens is 300 g/mol. The van der Waals surface area contributed by atoms with Crippen LogP contribution in [0, 0.1) is 6.92 Å². The Balaban J connectivity index is 2.69. The predicted octanol–water partition coefficient (Wildman–Crippen LogP) is 3.30. The minimum absolute atomic E-state index is 0.232. The molecule has 0 saturated carbocycles. The Kier molecular flexibility index (Phi) is 5.67. The monoisotopic (exact) mass is 318 g/mol. The van der Waals surface area contributed by atoms with Crippen molar-refractivity contribution >= 4 is 25.8 Å². The number of halogens is 1. The molecule has 1 atom stereocenters. The van der Waals surface area contributed by atoms with Gasteiger partial charge in [-0.25, -0.2) is 8.42 Å². The molecule has 17 heavy (non-hydrogen) atoms. The molecule has 0 saturated heterocycles. The highest BCUT2D eigenvalue weighted by atomic mass is 79.9. The summed E-state index contributed by atoms with van der Waals surface area (Å²) in [5.74, 6) is 0.778. The first-order valence-corrected chi connectivity index (χ1v) is 8.75. The van der Waals surface area contributed by atoms with Crippen LogP contribution in [0.4, 0.5) is 0 Å². The number of alkyl halides is 1. The Hall–Kier alpha value is -0.350. The van der Waals surface area contributed by atoms with E-state index in [4.69, 9.17) is 0 Å². The molecule has 1 unspecified atom stereocenters. The molecule has 96 valence electrons. The van der Waals surface area contributed by atoms with Gasteiger partial charge in [0.05, 0.1) is 5.75 Å². The van der Waals surface area contributed by atoms with Crippen molar-refractivity contribution in [1.82, 2.24) is 0 Å². The molecule has 1 aromatic rings. The van der Waals surface area contributed by atoms with Crippen LogP contribution in [0.1, 0.15) is 30.4 Å². The van der Waals surface area contributed by atoms with Crippen molar-refractivity contribution in [3.63, 3.8) is 0 Å². The molecule has 1 aromatic carbocycles. The molecule has 4 heteroatoms. The summed E-state index contributed by atoms with van der Waals surface area (Å²) in [6.45, 7) is 3.75. The number of sulfone groups is 1. The van der Waals surface area contributed by atoms with Gasteiger partial charge in [0, 0.05) is 11.1 Å². The third kappa shape index (κ3) is 4.80. The normalized spacial score (nSPS) is 13.6. The van der Waals surface area contributed by atoms with Gasteiger partial charge in [0.2, 0.25) is 0 Å². The maximum atomic E-state index is 11.5. The maximum absolute atomic E-state index is 11.5. The molecule has 0 N–H and O–H groups in total. The highest BCUT2D eigenvalue weighted by molar-refractivity contribution is 9.09. The van der Waals surface area contributed by atoms with E-state index < -0.39 is 9.84 Å². The molecule has 0 radical (unpaired) electrons. The van der Waals surface area contributed by atoms with Crippen LogP contribution in [0.5, 0.6) is 0 Å². The fourth-order valence-corrected chi connectivity index (χ4v) is 3.27. The smallest absolute Gasteiger partial charge is 0.150 e. The van der Waals surface area contributed by atoms with Crippen LogP contribution in [0.2, 0.25) is 0 Å². The number of aryl methyl sites for hydroxylation is 1. The number of benzene rings is 1. The maximum Gasteiger partial charge on any atom is 0.150 e. The summed E-state index contributed by atoms with van der Waals surface area (Å²) in [5, 5.41) is 0.801. The summed E-state index contributed by atoms with van der Waals surface area (Å²) in [7, 11) is -2.86. The van der Waals surface area contributed by atoms with Gasteiger partial charge in [0.1, 0.15) is 9.84 Å². The number of hydrogen-bond acceptors (Lipinski definition) is 2. The average Bonchev–Trinajstić information content (AvgIpc) is 2.32. The molecule has 0 fully saturated rings. The van der Waals surface area contributed by atoms with Crippen molar-refractivity contribution < 1.29 is 8.42 Å². The van der Waals surface area contributed by atoms with Crippen molar-refractivity contribution in [2.45, 2.75) is 26.2 Å². The second-order valence-corrected chi connectivity index (χ2v) is 7.41. The Morgan fingerprint density at radius 1 is 1.24 bits per heavy atom. The first kappa shape index (κ1) is 14.7. The molecule has 0 aliphatic rings. The van der Waals surface area contributed by atoms with Gasteiger partial charge in [-0.1, -0.05) is 52.7 Å². The highest BCUT2D eigenvalue weighted by Gasteiger charge is 2.14. The molecule has 0 aromatic heterocycles. The van der Waals surface area contributed by atoms with E-state index in [1.165, 1.54) is 11.1 Å². The number of hydrogen-bond donors (Lipinski definition) is 0. The van der Waals surface area contributed by atoms with Crippen LogP contribution in [0.3, 0.4) is 0 Å². The summed E-state index contributed by atoms with van der Waals surface area (Å²) < 4.78 is 23.0. The minimum atomic E-state index is -2.86. The topological polar surface area (TPSA) is 34.1 Å². The molecule has 0 amide bonds. The molecule has 1 rings (SSSR count). The fourth-order valence-electron chi connectivity index (χ4n) is 1.64. The van der Waals surface area contributed by atoms with Crippen molar-refractivity contribution in [2.24, 2.45) is 0 Å². The lowest BCUT2D eigenvalue weighted by Gasteiger charge is -2.14. The summed E-state index contributed by atoms with van der Waals surface area (Å²) in [5.41, 5.74) is 2.43. The van der Waals surface area contributed by atoms with Crippen molar-refractivity contribution in [3.8, 4) is 0 Å². The van der Waals surface area contributed by atoms with Gasteiger partial charge >= 0.3 is 0 Å². The van der Waals surface area contributed by atoms with Gasteiger partial charge < -0.3 is 0 Å². The van der Waals surface area contributed by atoms with E-state index in [1.54, 1.807) is 6.92 Å². The van der Waals surface area contributed by atoms with Crippen LogP contribution >= 0.6 is 15.9 Å². The largest absolute Gasteiger partial charge is 0.229 e. The van der Waals surface area contributed by atoms with Crippen LogP contribution in [-0.2, 0) is 9.84 Å². The SMILES string of the molecule is CCS(=O)(=O)CCC(CBr)c1ccc(C)cc1. The van der Waals surface area contributed by atoms with Crippen LogP contribution in [0.15, 0.2) is 24.3 Å². The molecule has 2 nitrogen and oxygen atoms in total. The van der Waals surface area contributed by atoms with Gasteiger partial charge in [-0.15, -0.1) is 0 Å². The Labute approximate surface area is 112 Å². The van der Waals surface area contributed by atoms with Gasteiger partial charge in [-0.3, -0.25) is 0 Å². The summed E-state index contributed by atoms with van der Waals surface area (Å²) in [6.07, 6.45) is 0.685. The lowest BCUT2D eigenvalue weighted by Crippen LogP contribution is -2.13. The van der Waals surface area contributed by atoms with Gasteiger partial charge in [0.25, 0.3) is 0 Å². The third-order valence-electron chi connectivity index (χ3n) is 2.95. The quantitative estimate of drug-likeness (QED) is 0.754. The van der Waals surface area contributed by atoms with E-state index in [2.05, 4.69) is 47.1 Å². The summed E-state index contributed by atoms with van der Waals surface area (Å²) >= 11 is 3.47. The Bertz CT molecular complexity index is 437. The van der Waals surface area contributed by atoms with E-state index in [0.29, 0.717) is 6.42 Å². The second kappa shape index (κ2) is 6.55. The lowest BCUT2D eigenvalue weighted by molar-refractivity contribution is 0.590. The fraction of sp³-hybridized carbons (Fsp3) is 0.538. The standard InChI is InChI=1S/C13H19BrO2S/c1-3-17(15,16)9-8-13(10-14)12-6-4-11(2)5-7-12/h4-7,13H,3,8-10H2,1-2H3. The van der Waals surface area contributed by atoms with Crippen molar-refractivity contribution in [1.29, 1.82) is 0 Å². The molecule has 0 spiro atoms. The van der Waals surface area contributed by atoms with Crippen molar-refractivity contribution in [3.05, 3.63) is 35.4 Å². The van der Waals surface area contributed by atoms with Gasteiger partial charge in [-0.2, -0.15) is 0 Å². The van der Waals surface area contributed by atoms with Gasteiger partial charge in [0.15, 0.2) is 0 Å². The van der Waals surface area contributed by atoms with Crippen LogP contribution in [-0.4, -0.2) is 25.3 Å². The van der Waals surface area contributed by atoms with E-state index in [0.717, 1.165) is 5.33 Å². The molecule has 0 heterocycles. The van der Waals surface area contributed by atoms with E-state index in [9.17, 15) is 8.42 Å². The molecular formula is C13H19BrO2S. The predicted molar refractivity (Wildman–Crippen MR) is 76.7 cm³/mol. The average molecular weight is 319 g/mol.